The van der Waals surface area contributed by atoms with E-state index in [0.717, 1.165) is 73.0 Å². The van der Waals surface area contributed by atoms with Crippen molar-refractivity contribution < 1.29 is 28.5 Å². The molecule has 4 aliphatic heterocycles. The second-order valence-corrected chi connectivity index (χ2v) is 16.9. The van der Waals surface area contributed by atoms with Crippen molar-refractivity contribution in [2.45, 2.75) is 90.3 Å². The van der Waals surface area contributed by atoms with Crippen molar-refractivity contribution in [2.75, 3.05) is 26.2 Å². The number of carbonyl (C=O) groups excluding carboxylic acids is 1. The fourth-order valence-corrected chi connectivity index (χ4v) is 7.76. The molecule has 2 atom stereocenters. The van der Waals surface area contributed by atoms with E-state index in [-0.39, 0.29) is 6.09 Å². The molecule has 2 saturated heterocycles. The topological polar surface area (TPSA) is 104 Å². The van der Waals surface area contributed by atoms with Gasteiger partial charge in [-0.25, -0.2) is 4.79 Å². The first-order chi connectivity index (χ1) is 26.3. The Morgan fingerprint density at radius 3 is 1.65 bits per heavy atom. The fourth-order valence-electron chi connectivity index (χ4n) is 7.54. The highest BCUT2D eigenvalue weighted by molar-refractivity contribution is 6.30. The van der Waals surface area contributed by atoms with Crippen LogP contribution in [0.15, 0.2) is 73.1 Å². The van der Waals surface area contributed by atoms with Crippen LogP contribution in [0.3, 0.4) is 0 Å². The molecule has 8 rings (SSSR count). The quantitative estimate of drug-likeness (QED) is 0.205. The van der Waals surface area contributed by atoms with E-state index in [0.29, 0.717) is 40.7 Å². The van der Waals surface area contributed by atoms with Crippen LogP contribution in [0, 0.1) is 11.8 Å². The van der Waals surface area contributed by atoms with Crippen LogP contribution in [0.2, 0.25) is 10.0 Å². The number of hydrogen-bond acceptors (Lipinski definition) is 9. The standard InChI is InChI=1S/C24H29ClN2O4.C19H21ClN2O2/c1-23(2,3)31-22(28)27-12-10-16(11-13-27)14-17-6-5-7-19-21(17)30-24(4,29-19)20-9-8-18(25)15-26-20;1-19(17-6-5-15(20)12-22-17)23-16-4-2-3-14(18(16)24-19)11-13-7-9-21-10-8-13/h5-9,15-16H,10-14H2,1-4H3;2-6,12-13,21H,7-11H2,1H3. The van der Waals surface area contributed by atoms with Gasteiger partial charge < -0.3 is 33.9 Å². The maximum atomic E-state index is 12.3. The summed E-state index contributed by atoms with van der Waals surface area (Å²) in [6, 6.07) is 19.4. The summed E-state index contributed by atoms with van der Waals surface area (Å²) in [5.41, 5.74) is 3.25. The smallest absolute Gasteiger partial charge is 0.410 e. The van der Waals surface area contributed by atoms with Crippen molar-refractivity contribution in [2.24, 2.45) is 11.8 Å². The van der Waals surface area contributed by atoms with Crippen LogP contribution in [0.1, 0.15) is 82.8 Å². The van der Waals surface area contributed by atoms with E-state index in [2.05, 4.69) is 27.4 Å². The maximum absolute atomic E-state index is 12.3. The highest BCUT2D eigenvalue weighted by Gasteiger charge is 2.43. The second-order valence-electron chi connectivity index (χ2n) is 16.0. The number of benzene rings is 2. The Bertz CT molecular complexity index is 1960. The predicted molar refractivity (Wildman–Crippen MR) is 212 cm³/mol. The van der Waals surface area contributed by atoms with Crippen molar-refractivity contribution in [3.05, 3.63) is 106 Å². The number of amides is 1. The molecule has 6 heterocycles. The molecule has 2 aromatic heterocycles. The second kappa shape index (κ2) is 16.1. The molecule has 4 aromatic rings. The molecule has 0 bridgehead atoms. The molecule has 2 unspecified atom stereocenters. The Hall–Kier alpha value is -4.25. The summed E-state index contributed by atoms with van der Waals surface area (Å²) >= 11 is 11.9. The van der Waals surface area contributed by atoms with Crippen LogP contribution in [0.25, 0.3) is 0 Å². The van der Waals surface area contributed by atoms with Crippen LogP contribution >= 0.6 is 23.2 Å². The lowest BCUT2D eigenvalue weighted by molar-refractivity contribution is -0.0725. The van der Waals surface area contributed by atoms with Crippen LogP contribution in [-0.4, -0.2) is 52.7 Å². The average molecular weight is 790 g/mol. The Kier molecular flexibility index (Phi) is 11.4. The summed E-state index contributed by atoms with van der Waals surface area (Å²) < 4.78 is 30.3. The molecule has 10 nitrogen and oxygen atoms in total. The zero-order valence-corrected chi connectivity index (χ0v) is 33.7. The first-order valence-corrected chi connectivity index (χ1v) is 19.9. The summed E-state index contributed by atoms with van der Waals surface area (Å²) in [4.78, 5) is 22.9. The van der Waals surface area contributed by atoms with E-state index in [4.69, 9.17) is 46.9 Å². The van der Waals surface area contributed by atoms with E-state index >= 15 is 0 Å². The average Bonchev–Trinajstić information content (AvgIpc) is 3.71. The lowest BCUT2D eigenvalue weighted by atomic mass is 9.90. The van der Waals surface area contributed by atoms with Gasteiger partial charge in [-0.15, -0.1) is 0 Å². The van der Waals surface area contributed by atoms with Gasteiger partial charge in [0.15, 0.2) is 23.0 Å². The van der Waals surface area contributed by atoms with Gasteiger partial charge in [0.2, 0.25) is 0 Å². The number of ether oxygens (including phenoxy) is 5. The molecule has 2 fully saturated rings. The summed E-state index contributed by atoms with van der Waals surface area (Å²) in [6.45, 7) is 13.1. The first kappa shape index (κ1) is 39.0. The van der Waals surface area contributed by atoms with Gasteiger partial charge in [0.1, 0.15) is 17.0 Å². The van der Waals surface area contributed by atoms with E-state index < -0.39 is 17.2 Å². The van der Waals surface area contributed by atoms with Gasteiger partial charge >= 0.3 is 6.09 Å². The summed E-state index contributed by atoms with van der Waals surface area (Å²) in [5, 5.41) is 4.59. The molecular formula is C43H50Cl2N4O6. The van der Waals surface area contributed by atoms with Gasteiger partial charge in [0.25, 0.3) is 11.6 Å². The molecule has 1 amide bonds. The number of nitrogens with zero attached hydrogens (tertiary/aromatic N) is 3. The lowest BCUT2D eigenvalue weighted by Gasteiger charge is -2.33. The van der Waals surface area contributed by atoms with E-state index in [9.17, 15) is 4.79 Å². The molecule has 0 spiro atoms. The number of rotatable bonds is 6. The molecule has 0 radical (unpaired) electrons. The minimum absolute atomic E-state index is 0.227. The number of para-hydroxylation sites is 2. The van der Waals surface area contributed by atoms with Crippen molar-refractivity contribution >= 4 is 29.3 Å². The molecule has 12 heteroatoms. The molecule has 4 aliphatic rings. The third-order valence-corrected chi connectivity index (χ3v) is 10.9. The van der Waals surface area contributed by atoms with E-state index in [1.807, 2.05) is 71.0 Å². The number of halogens is 2. The largest absolute Gasteiger partial charge is 0.444 e. The van der Waals surface area contributed by atoms with Crippen molar-refractivity contribution in [1.82, 2.24) is 20.2 Å². The molecule has 292 valence electrons. The van der Waals surface area contributed by atoms with Crippen LogP contribution in [0.4, 0.5) is 4.79 Å². The fraction of sp³-hybridized carbons (Fsp3) is 0.465. The number of aromatic nitrogens is 2. The van der Waals surface area contributed by atoms with E-state index in [1.165, 1.54) is 18.4 Å². The van der Waals surface area contributed by atoms with Gasteiger partial charge in [-0.05, 0) is 132 Å². The number of fused-ring (bicyclic) bond motifs is 2. The van der Waals surface area contributed by atoms with Gasteiger partial charge in [-0.2, -0.15) is 0 Å². The van der Waals surface area contributed by atoms with Crippen LogP contribution in [-0.2, 0) is 29.2 Å². The summed E-state index contributed by atoms with van der Waals surface area (Å²) in [5.74, 6) is 2.42. The monoisotopic (exact) mass is 788 g/mol. The lowest BCUT2D eigenvalue weighted by Crippen LogP contribution is -2.42. The SMILES string of the molecule is CC(C)(C)OC(=O)N1CCC(Cc2cccc3c2OC(C)(c2ccc(Cl)cn2)O3)CC1.CC1(c2ccc(Cl)cn2)Oc2cccc(CC3CCNCC3)c2O1. The molecule has 2 aromatic carbocycles. The Morgan fingerprint density at radius 2 is 1.22 bits per heavy atom. The van der Waals surface area contributed by atoms with Gasteiger partial charge in [-0.3, -0.25) is 9.97 Å². The highest BCUT2D eigenvalue weighted by atomic mass is 35.5. The maximum Gasteiger partial charge on any atom is 0.410 e. The molecule has 0 aliphatic carbocycles. The normalized spacial score (nSPS) is 22.2. The first-order valence-electron chi connectivity index (χ1n) is 19.2. The highest BCUT2D eigenvalue weighted by Crippen LogP contribution is 2.48. The molecular weight excluding hydrogens is 739 g/mol. The molecule has 1 N–H and O–H groups in total. The van der Waals surface area contributed by atoms with Gasteiger partial charge in [0, 0.05) is 39.3 Å². The minimum atomic E-state index is -0.983. The minimum Gasteiger partial charge on any atom is -0.444 e. The molecule has 0 saturated carbocycles. The van der Waals surface area contributed by atoms with Crippen LogP contribution in [0.5, 0.6) is 23.0 Å². The third kappa shape index (κ3) is 9.25. The third-order valence-electron chi connectivity index (χ3n) is 10.5. The van der Waals surface area contributed by atoms with E-state index in [1.54, 1.807) is 29.4 Å². The zero-order chi connectivity index (χ0) is 38.8. The number of nitrogens with one attached hydrogen (secondary N) is 1. The number of carbonyl (C=O) groups is 1. The Balaban J connectivity index is 0.000000174. The number of piperidine rings is 2. The molecule has 55 heavy (non-hydrogen) atoms. The van der Waals surface area contributed by atoms with Crippen molar-refractivity contribution in [1.29, 1.82) is 0 Å². The van der Waals surface area contributed by atoms with Crippen molar-refractivity contribution in [3.8, 4) is 23.0 Å². The summed E-state index contributed by atoms with van der Waals surface area (Å²) in [6.07, 6.45) is 9.16. The number of hydrogen-bond donors (Lipinski definition) is 1. The summed E-state index contributed by atoms with van der Waals surface area (Å²) in [7, 11) is 0. The van der Waals surface area contributed by atoms with Crippen molar-refractivity contribution in [3.63, 3.8) is 0 Å². The number of pyridine rings is 2. The number of likely N-dealkylation sites (tertiary alicyclic amines) is 1. The Morgan fingerprint density at radius 1 is 0.745 bits per heavy atom. The predicted octanol–water partition coefficient (Wildman–Crippen LogP) is 9.49. The van der Waals surface area contributed by atoms with Crippen LogP contribution < -0.4 is 24.3 Å². The van der Waals surface area contributed by atoms with Gasteiger partial charge in [0.05, 0.1) is 10.0 Å². The zero-order valence-electron chi connectivity index (χ0n) is 32.2. The Labute approximate surface area is 333 Å². The van der Waals surface area contributed by atoms with Gasteiger partial charge in [-0.1, -0.05) is 47.5 Å².